The number of carbonyl (C=O) groups is 2. The molecule has 0 saturated heterocycles. The van der Waals surface area contributed by atoms with Gasteiger partial charge in [0.05, 0.1) is 29.4 Å². The van der Waals surface area contributed by atoms with Gasteiger partial charge in [0.25, 0.3) is 0 Å². The predicted molar refractivity (Wildman–Crippen MR) is 94.9 cm³/mol. The van der Waals surface area contributed by atoms with Crippen LogP contribution in [0.15, 0.2) is 10.5 Å². The van der Waals surface area contributed by atoms with E-state index in [1.807, 2.05) is 13.8 Å². The van der Waals surface area contributed by atoms with E-state index in [9.17, 15) is 19.8 Å². The lowest BCUT2D eigenvalue weighted by molar-refractivity contribution is -0.267. The predicted octanol–water partition coefficient (Wildman–Crippen LogP) is 2.48. The van der Waals surface area contributed by atoms with Gasteiger partial charge in [0.2, 0.25) is 5.91 Å². The van der Waals surface area contributed by atoms with Crippen molar-refractivity contribution in [3.05, 3.63) is 21.8 Å². The molecule has 0 atom stereocenters. The maximum Gasteiger partial charge on any atom is 0.338 e. The van der Waals surface area contributed by atoms with Crippen LogP contribution in [0.25, 0.3) is 10.9 Å². The Morgan fingerprint density at radius 1 is 1.44 bits per heavy atom. The van der Waals surface area contributed by atoms with Crippen molar-refractivity contribution in [2.24, 2.45) is 7.05 Å². The first-order valence-electron chi connectivity index (χ1n) is 7.67. The summed E-state index contributed by atoms with van der Waals surface area (Å²) in [7, 11) is 3.04. The van der Waals surface area contributed by atoms with Crippen LogP contribution in [-0.4, -0.2) is 39.6 Å². The topological polar surface area (TPSA) is 94.8 Å². The van der Waals surface area contributed by atoms with Crippen molar-refractivity contribution in [3.8, 4) is 11.5 Å². The molecule has 25 heavy (non-hydrogen) atoms. The van der Waals surface area contributed by atoms with Gasteiger partial charge in [-0.2, -0.15) is 0 Å². The molecule has 7 nitrogen and oxygen atoms in total. The van der Waals surface area contributed by atoms with Crippen LogP contribution in [0.4, 0.5) is 0 Å². The van der Waals surface area contributed by atoms with Gasteiger partial charge >= 0.3 is 5.97 Å². The van der Waals surface area contributed by atoms with Crippen LogP contribution in [0.1, 0.15) is 36.8 Å². The highest BCUT2D eigenvalue weighted by Gasteiger charge is 2.26. The lowest BCUT2D eigenvalue weighted by atomic mass is 10.1. The number of aromatic nitrogens is 1. The number of rotatable bonds is 5. The second-order valence-electron chi connectivity index (χ2n) is 6.04. The highest BCUT2D eigenvalue weighted by Crippen LogP contribution is 2.42. The SMILES string of the molecule is COc1c(Br)cc2c(c1[O-])c(C(=O)O)c(CN(C(C)=O)C(C)C)n2C. The Morgan fingerprint density at radius 2 is 2.04 bits per heavy atom. The second kappa shape index (κ2) is 6.95. The third-order valence-electron chi connectivity index (χ3n) is 4.24. The Balaban J connectivity index is 2.83. The van der Waals surface area contributed by atoms with Gasteiger partial charge in [0.15, 0.2) is 0 Å². The summed E-state index contributed by atoms with van der Waals surface area (Å²) in [6.07, 6.45) is 0. The molecule has 0 spiro atoms. The first-order valence-corrected chi connectivity index (χ1v) is 8.46. The molecule has 0 radical (unpaired) electrons. The molecule has 0 unspecified atom stereocenters. The highest BCUT2D eigenvalue weighted by atomic mass is 79.9. The molecule has 136 valence electrons. The second-order valence-corrected chi connectivity index (χ2v) is 6.90. The molecule has 1 aromatic carbocycles. The van der Waals surface area contributed by atoms with Gasteiger partial charge in [-0.05, 0) is 35.8 Å². The maximum absolute atomic E-state index is 12.7. The van der Waals surface area contributed by atoms with Gasteiger partial charge in [-0.15, -0.1) is 0 Å². The summed E-state index contributed by atoms with van der Waals surface area (Å²) in [6.45, 7) is 5.23. The third kappa shape index (κ3) is 3.18. The Labute approximate surface area is 153 Å². The molecule has 0 fully saturated rings. The van der Waals surface area contributed by atoms with Crippen LogP contribution in [0.2, 0.25) is 0 Å². The number of halogens is 1. The summed E-state index contributed by atoms with van der Waals surface area (Å²) in [4.78, 5) is 25.4. The molecule has 0 saturated carbocycles. The van der Waals surface area contributed by atoms with Gasteiger partial charge in [-0.3, -0.25) is 4.79 Å². The molecular formula is C17H20BrN2O5-. The minimum Gasteiger partial charge on any atom is -0.869 e. The Hall–Kier alpha value is -2.22. The van der Waals surface area contributed by atoms with Gasteiger partial charge < -0.3 is 24.4 Å². The first kappa shape index (κ1) is 19.1. The summed E-state index contributed by atoms with van der Waals surface area (Å²) in [5.74, 6) is -1.82. The summed E-state index contributed by atoms with van der Waals surface area (Å²) in [5.41, 5.74) is 0.765. The van der Waals surface area contributed by atoms with Crippen molar-refractivity contribution in [2.45, 2.75) is 33.4 Å². The molecule has 2 rings (SSSR count). The molecule has 0 bridgehead atoms. The summed E-state index contributed by atoms with van der Waals surface area (Å²) in [5, 5.41) is 22.5. The van der Waals surface area contributed by atoms with E-state index in [4.69, 9.17) is 4.74 Å². The number of aromatic carboxylic acids is 1. The fraction of sp³-hybridized carbons (Fsp3) is 0.412. The summed E-state index contributed by atoms with van der Waals surface area (Å²) >= 11 is 3.28. The number of carbonyl (C=O) groups excluding carboxylic acids is 1. The van der Waals surface area contributed by atoms with E-state index in [1.165, 1.54) is 14.0 Å². The zero-order chi connectivity index (χ0) is 19.0. The van der Waals surface area contributed by atoms with E-state index in [0.29, 0.717) is 15.7 Å². The molecule has 1 heterocycles. The number of benzene rings is 1. The fourth-order valence-corrected chi connectivity index (χ4v) is 3.54. The Kier molecular flexibility index (Phi) is 5.31. The van der Waals surface area contributed by atoms with Crippen LogP contribution in [0, 0.1) is 0 Å². The first-order chi connectivity index (χ1) is 11.6. The van der Waals surface area contributed by atoms with Crippen molar-refractivity contribution in [3.63, 3.8) is 0 Å². The lowest BCUT2D eigenvalue weighted by Crippen LogP contribution is -2.35. The number of methoxy groups -OCH3 is 1. The van der Waals surface area contributed by atoms with Crippen molar-refractivity contribution in [1.82, 2.24) is 9.47 Å². The minimum atomic E-state index is -1.21. The zero-order valence-corrected chi connectivity index (χ0v) is 16.3. The largest absolute Gasteiger partial charge is 0.869 e. The van der Waals surface area contributed by atoms with Crippen molar-refractivity contribution >= 4 is 38.7 Å². The van der Waals surface area contributed by atoms with Crippen molar-refractivity contribution < 1.29 is 24.5 Å². The van der Waals surface area contributed by atoms with Crippen LogP contribution in [-0.2, 0) is 18.4 Å². The zero-order valence-electron chi connectivity index (χ0n) is 14.7. The third-order valence-corrected chi connectivity index (χ3v) is 4.83. The summed E-state index contributed by atoms with van der Waals surface area (Å²) < 4.78 is 7.19. The number of ether oxygens (including phenoxy) is 1. The monoisotopic (exact) mass is 411 g/mol. The quantitative estimate of drug-likeness (QED) is 0.814. The Morgan fingerprint density at radius 3 is 2.48 bits per heavy atom. The smallest absolute Gasteiger partial charge is 0.338 e. The van der Waals surface area contributed by atoms with E-state index >= 15 is 0 Å². The number of hydrogen-bond donors (Lipinski definition) is 1. The molecule has 1 amide bonds. The number of hydrogen-bond acceptors (Lipinski definition) is 4. The maximum atomic E-state index is 12.7. The number of aryl methyl sites for hydroxylation is 1. The molecule has 1 N–H and O–H groups in total. The number of carboxylic acids is 1. The van der Waals surface area contributed by atoms with E-state index in [1.54, 1.807) is 22.6 Å². The van der Waals surface area contributed by atoms with Crippen LogP contribution >= 0.6 is 15.9 Å². The Bertz CT molecular complexity index is 857. The molecule has 2 aromatic rings. The van der Waals surface area contributed by atoms with Crippen LogP contribution in [0.3, 0.4) is 0 Å². The normalized spacial score (nSPS) is 11.2. The summed E-state index contributed by atoms with van der Waals surface area (Å²) in [6, 6.07) is 1.55. The molecule has 0 aliphatic carbocycles. The number of fused-ring (bicyclic) bond motifs is 1. The van der Waals surface area contributed by atoms with Crippen molar-refractivity contribution in [2.75, 3.05) is 7.11 Å². The van der Waals surface area contributed by atoms with Gasteiger partial charge in [0.1, 0.15) is 5.75 Å². The van der Waals surface area contributed by atoms with E-state index in [2.05, 4.69) is 15.9 Å². The highest BCUT2D eigenvalue weighted by molar-refractivity contribution is 9.10. The van der Waals surface area contributed by atoms with E-state index in [-0.39, 0.29) is 35.2 Å². The van der Waals surface area contributed by atoms with Crippen LogP contribution in [0.5, 0.6) is 11.5 Å². The van der Waals surface area contributed by atoms with Gasteiger partial charge in [-0.1, -0.05) is 5.75 Å². The molecule has 1 aromatic heterocycles. The van der Waals surface area contributed by atoms with Crippen LogP contribution < -0.4 is 9.84 Å². The average Bonchev–Trinajstić information content (AvgIpc) is 2.77. The minimum absolute atomic E-state index is 0.0550. The molecule has 0 aliphatic heterocycles. The number of amides is 1. The molecular weight excluding hydrogens is 392 g/mol. The van der Waals surface area contributed by atoms with Gasteiger partial charge in [-0.25, -0.2) is 4.79 Å². The van der Waals surface area contributed by atoms with Gasteiger partial charge in [0, 0.05) is 30.9 Å². The molecule has 8 heteroatoms. The number of nitrogens with zero attached hydrogens (tertiary/aromatic N) is 2. The van der Waals surface area contributed by atoms with Crippen molar-refractivity contribution in [1.29, 1.82) is 0 Å². The fourth-order valence-electron chi connectivity index (χ4n) is 2.98. The average molecular weight is 412 g/mol. The number of carboxylic acid groups (broad SMARTS) is 1. The standard InChI is InChI=1S/C17H21BrN2O5/c1-8(2)20(9(3)21)7-12-14(17(23)24)13-11(19(12)4)6-10(18)16(25-5)15(13)22/h6,8,22H,7H2,1-5H3,(H,23,24)/p-1. The van der Waals surface area contributed by atoms with E-state index < -0.39 is 11.7 Å². The van der Waals surface area contributed by atoms with E-state index in [0.717, 1.165) is 0 Å². The lowest BCUT2D eigenvalue weighted by Gasteiger charge is -2.26. The molecule has 0 aliphatic rings.